The Morgan fingerprint density at radius 3 is 2.71 bits per heavy atom. The van der Waals surface area contributed by atoms with Crippen molar-refractivity contribution in [1.82, 2.24) is 10.2 Å². The Balaban J connectivity index is 1.48. The summed E-state index contributed by atoms with van der Waals surface area (Å²) in [7, 11) is 0. The lowest BCUT2D eigenvalue weighted by Gasteiger charge is -2.35. The molecule has 3 rings (SSSR count). The van der Waals surface area contributed by atoms with E-state index in [2.05, 4.69) is 43.4 Å². The lowest BCUT2D eigenvalue weighted by molar-refractivity contribution is -0.0848. The second-order valence-corrected chi connectivity index (χ2v) is 6.90. The van der Waals surface area contributed by atoms with Gasteiger partial charge in [0.05, 0.1) is 19.3 Å². The van der Waals surface area contributed by atoms with Crippen LogP contribution in [0.15, 0.2) is 24.3 Å². The molecule has 2 heterocycles. The molecule has 0 bridgehead atoms. The number of carbonyl (C=O) groups is 1. The Morgan fingerprint density at radius 2 is 2.00 bits per heavy atom. The molecule has 0 aromatic heterocycles. The number of aryl methyl sites for hydroxylation is 1. The summed E-state index contributed by atoms with van der Waals surface area (Å²) in [6.07, 6.45) is 2.28. The van der Waals surface area contributed by atoms with Gasteiger partial charge in [0.15, 0.2) is 0 Å². The molecule has 0 aliphatic carbocycles. The van der Waals surface area contributed by atoms with Gasteiger partial charge in [0.1, 0.15) is 6.10 Å². The van der Waals surface area contributed by atoms with Gasteiger partial charge in [-0.25, -0.2) is 4.79 Å². The predicted octanol–water partition coefficient (Wildman–Crippen LogP) is 2.69. The highest BCUT2D eigenvalue weighted by Crippen LogP contribution is 2.21. The third-order valence-corrected chi connectivity index (χ3v) is 4.97. The quantitative estimate of drug-likeness (QED) is 0.922. The molecule has 24 heavy (non-hydrogen) atoms. The van der Waals surface area contributed by atoms with Crippen molar-refractivity contribution in [1.29, 1.82) is 0 Å². The van der Waals surface area contributed by atoms with E-state index in [1.165, 1.54) is 11.1 Å². The molecule has 0 spiro atoms. The Bertz CT molecular complexity index is 540. The van der Waals surface area contributed by atoms with E-state index in [9.17, 15) is 4.79 Å². The topological polar surface area (TPSA) is 50.8 Å². The second-order valence-electron chi connectivity index (χ2n) is 6.90. The number of benzene rings is 1. The van der Waals surface area contributed by atoms with Crippen molar-refractivity contribution < 1.29 is 14.3 Å². The molecule has 0 radical (unpaired) electrons. The van der Waals surface area contributed by atoms with E-state index in [1.54, 1.807) is 0 Å². The fourth-order valence-corrected chi connectivity index (χ4v) is 3.35. The lowest BCUT2D eigenvalue weighted by Crippen LogP contribution is -2.53. The number of hydrogen-bond donors (Lipinski definition) is 1. The Kier molecular flexibility index (Phi) is 5.74. The Hall–Kier alpha value is -1.59. The molecular weight excluding hydrogens is 304 g/mol. The zero-order valence-electron chi connectivity index (χ0n) is 14.7. The number of morpholine rings is 1. The summed E-state index contributed by atoms with van der Waals surface area (Å²) in [4.78, 5) is 14.3. The summed E-state index contributed by atoms with van der Waals surface area (Å²) < 4.78 is 11.5. The average molecular weight is 332 g/mol. The fraction of sp³-hybridized carbons (Fsp3) is 0.632. The van der Waals surface area contributed by atoms with Crippen molar-refractivity contribution in [3.05, 3.63) is 35.4 Å². The molecular formula is C19H28N2O3. The molecule has 0 saturated carbocycles. The monoisotopic (exact) mass is 332 g/mol. The molecule has 2 aliphatic heterocycles. The summed E-state index contributed by atoms with van der Waals surface area (Å²) in [6.45, 7) is 7.53. The van der Waals surface area contributed by atoms with Crippen molar-refractivity contribution in [2.24, 2.45) is 0 Å². The third kappa shape index (κ3) is 4.28. The van der Waals surface area contributed by atoms with Crippen molar-refractivity contribution in [2.45, 2.75) is 44.8 Å². The molecule has 1 N–H and O–H groups in total. The molecule has 132 valence electrons. The predicted molar refractivity (Wildman–Crippen MR) is 93.3 cm³/mol. The van der Waals surface area contributed by atoms with Gasteiger partial charge in [0.2, 0.25) is 0 Å². The first-order valence-electron chi connectivity index (χ1n) is 8.96. The van der Waals surface area contributed by atoms with Gasteiger partial charge in [-0.1, -0.05) is 36.8 Å². The molecule has 1 aromatic carbocycles. The molecule has 2 aliphatic rings. The number of carbonyl (C=O) groups excluding carboxylic acids is 1. The second kappa shape index (κ2) is 7.99. The van der Waals surface area contributed by atoms with Gasteiger partial charge in [-0.2, -0.15) is 0 Å². The summed E-state index contributed by atoms with van der Waals surface area (Å²) >= 11 is 0. The van der Waals surface area contributed by atoms with Crippen LogP contribution in [-0.4, -0.2) is 56.0 Å². The standard InChI is InChI=1S/C19H28N2O3/c1-14-5-7-16(8-6-14)15(2)12-20-19(22)21-9-11-24-18(13-21)17-4-3-10-23-17/h5-8,15,17-18H,3-4,9-13H2,1-2H3,(H,20,22)/t15-,17+,18+/m1/s1. The number of nitrogens with one attached hydrogen (secondary N) is 1. The molecule has 1 aromatic rings. The third-order valence-electron chi connectivity index (χ3n) is 4.97. The van der Waals surface area contributed by atoms with E-state index >= 15 is 0 Å². The van der Waals surface area contributed by atoms with Crippen molar-refractivity contribution in [3.63, 3.8) is 0 Å². The van der Waals surface area contributed by atoms with Crippen LogP contribution in [0.5, 0.6) is 0 Å². The minimum atomic E-state index is 0.000239. The number of ether oxygens (including phenoxy) is 2. The van der Waals surface area contributed by atoms with Gasteiger partial charge in [-0.3, -0.25) is 0 Å². The zero-order chi connectivity index (χ0) is 16.9. The van der Waals surface area contributed by atoms with E-state index < -0.39 is 0 Å². The molecule has 2 amide bonds. The highest BCUT2D eigenvalue weighted by molar-refractivity contribution is 5.74. The van der Waals surface area contributed by atoms with Crippen molar-refractivity contribution >= 4 is 6.03 Å². The zero-order valence-corrected chi connectivity index (χ0v) is 14.7. The summed E-state index contributed by atoms with van der Waals surface area (Å²) in [6, 6.07) is 8.49. The van der Waals surface area contributed by atoms with Gasteiger partial charge in [0.25, 0.3) is 0 Å². The molecule has 2 fully saturated rings. The number of rotatable bonds is 4. The summed E-state index contributed by atoms with van der Waals surface area (Å²) in [5.74, 6) is 0.296. The number of amides is 2. The van der Waals surface area contributed by atoms with Crippen molar-refractivity contribution in [2.75, 3.05) is 32.8 Å². The van der Waals surface area contributed by atoms with E-state index in [-0.39, 0.29) is 18.2 Å². The highest BCUT2D eigenvalue weighted by Gasteiger charge is 2.32. The van der Waals surface area contributed by atoms with Crippen LogP contribution in [0.2, 0.25) is 0 Å². The molecule has 5 nitrogen and oxygen atoms in total. The molecule has 2 saturated heterocycles. The minimum Gasteiger partial charge on any atom is -0.375 e. The van der Waals surface area contributed by atoms with Crippen LogP contribution in [0.3, 0.4) is 0 Å². The first-order valence-corrected chi connectivity index (χ1v) is 8.96. The van der Waals surface area contributed by atoms with Gasteiger partial charge >= 0.3 is 6.03 Å². The number of urea groups is 1. The molecule has 3 atom stereocenters. The van der Waals surface area contributed by atoms with E-state index in [0.29, 0.717) is 32.2 Å². The number of hydrogen-bond acceptors (Lipinski definition) is 3. The highest BCUT2D eigenvalue weighted by atomic mass is 16.5. The number of nitrogens with zero attached hydrogens (tertiary/aromatic N) is 1. The van der Waals surface area contributed by atoms with E-state index in [1.807, 2.05) is 4.90 Å². The SMILES string of the molecule is Cc1ccc([C@H](C)CNC(=O)N2CCO[C@H]([C@@H]3CCCO3)C2)cc1. The van der Waals surface area contributed by atoms with Gasteiger partial charge in [-0.15, -0.1) is 0 Å². The minimum absolute atomic E-state index is 0.000239. The van der Waals surface area contributed by atoms with Crippen LogP contribution < -0.4 is 5.32 Å². The lowest BCUT2D eigenvalue weighted by atomic mass is 10.0. The average Bonchev–Trinajstić information content (AvgIpc) is 3.15. The fourth-order valence-electron chi connectivity index (χ4n) is 3.35. The Labute approximate surface area is 144 Å². The van der Waals surface area contributed by atoms with Crippen LogP contribution in [0.1, 0.15) is 36.8 Å². The summed E-state index contributed by atoms with van der Waals surface area (Å²) in [5.41, 5.74) is 2.50. The maximum atomic E-state index is 12.5. The summed E-state index contributed by atoms with van der Waals surface area (Å²) in [5, 5.41) is 3.07. The molecule has 5 heteroatoms. The molecule has 0 unspecified atom stereocenters. The first-order chi connectivity index (χ1) is 11.6. The van der Waals surface area contributed by atoms with Gasteiger partial charge in [0, 0.05) is 19.7 Å². The smallest absolute Gasteiger partial charge is 0.317 e. The van der Waals surface area contributed by atoms with Crippen LogP contribution in [0.25, 0.3) is 0 Å². The van der Waals surface area contributed by atoms with Crippen LogP contribution in [0.4, 0.5) is 4.79 Å². The van der Waals surface area contributed by atoms with Crippen LogP contribution >= 0.6 is 0 Å². The van der Waals surface area contributed by atoms with Gasteiger partial charge in [-0.05, 0) is 31.2 Å². The van der Waals surface area contributed by atoms with Crippen LogP contribution in [-0.2, 0) is 9.47 Å². The maximum absolute atomic E-state index is 12.5. The first kappa shape index (κ1) is 17.2. The van der Waals surface area contributed by atoms with E-state index in [4.69, 9.17) is 9.47 Å². The largest absolute Gasteiger partial charge is 0.375 e. The normalized spacial score (nSPS) is 25.5. The van der Waals surface area contributed by atoms with Crippen molar-refractivity contribution in [3.8, 4) is 0 Å². The van der Waals surface area contributed by atoms with E-state index in [0.717, 1.165) is 19.4 Å². The Morgan fingerprint density at radius 1 is 1.25 bits per heavy atom. The maximum Gasteiger partial charge on any atom is 0.317 e. The van der Waals surface area contributed by atoms with Gasteiger partial charge < -0.3 is 19.7 Å². The van der Waals surface area contributed by atoms with Crippen LogP contribution in [0, 0.1) is 6.92 Å².